The van der Waals surface area contributed by atoms with Gasteiger partial charge in [-0.2, -0.15) is 5.10 Å². The van der Waals surface area contributed by atoms with Crippen LogP contribution in [0.25, 0.3) is 11.0 Å². The van der Waals surface area contributed by atoms with E-state index in [4.69, 9.17) is 4.74 Å². The summed E-state index contributed by atoms with van der Waals surface area (Å²) < 4.78 is 6.78. The highest BCUT2D eigenvalue weighted by Gasteiger charge is 2.07. The molecule has 2 heterocycles. The number of H-pyrrole nitrogens is 2. The summed E-state index contributed by atoms with van der Waals surface area (Å²) in [5.74, 6) is 0. The smallest absolute Gasteiger partial charge is 0.327 e. The molecule has 2 N–H and O–H groups in total. The largest absolute Gasteiger partial charge is 0.357 e. The van der Waals surface area contributed by atoms with Gasteiger partial charge in [0, 0.05) is 0 Å². The van der Waals surface area contributed by atoms with Crippen molar-refractivity contribution in [1.82, 2.24) is 19.7 Å². The summed E-state index contributed by atoms with van der Waals surface area (Å²) in [7, 11) is 0. The molecule has 2 aromatic heterocycles. The number of hydrogen-bond donors (Lipinski definition) is 2. The van der Waals surface area contributed by atoms with E-state index in [2.05, 4.69) is 15.1 Å². The molecule has 2 aromatic rings. The van der Waals surface area contributed by atoms with E-state index in [1.165, 1.54) is 10.9 Å². The molecule has 0 bridgehead atoms. The Balaban J connectivity index is 2.48. The van der Waals surface area contributed by atoms with Gasteiger partial charge in [0.15, 0.2) is 0 Å². The monoisotopic (exact) mass is 224 g/mol. The Kier molecular flexibility index (Phi) is 2.61. The Hall–Kier alpha value is -1.89. The lowest BCUT2D eigenvalue weighted by Gasteiger charge is -2.07. The minimum Gasteiger partial charge on any atom is -0.357 e. The molecule has 7 heteroatoms. The van der Waals surface area contributed by atoms with Crippen LogP contribution in [0, 0.1) is 0 Å². The molecule has 0 aliphatic heterocycles. The summed E-state index contributed by atoms with van der Waals surface area (Å²) >= 11 is 0. The molecule has 2 rings (SSSR count). The summed E-state index contributed by atoms with van der Waals surface area (Å²) in [4.78, 5) is 27.1. The van der Waals surface area contributed by atoms with Gasteiger partial charge in [-0.05, 0) is 13.8 Å². The highest BCUT2D eigenvalue weighted by molar-refractivity contribution is 5.72. The van der Waals surface area contributed by atoms with Gasteiger partial charge in [0.1, 0.15) is 17.8 Å². The Morgan fingerprint density at radius 3 is 2.88 bits per heavy atom. The number of fused-ring (bicyclic) bond motifs is 1. The second-order valence-corrected chi connectivity index (χ2v) is 3.66. The van der Waals surface area contributed by atoms with Crippen LogP contribution in [0.4, 0.5) is 0 Å². The van der Waals surface area contributed by atoms with Gasteiger partial charge in [-0.3, -0.25) is 14.8 Å². The maximum absolute atomic E-state index is 11.4. The average Bonchev–Trinajstić information content (AvgIpc) is 2.58. The summed E-state index contributed by atoms with van der Waals surface area (Å²) in [5.41, 5.74) is -0.632. The van der Waals surface area contributed by atoms with Crippen LogP contribution in [-0.2, 0) is 11.5 Å². The molecule has 0 aliphatic carbocycles. The maximum atomic E-state index is 11.4. The van der Waals surface area contributed by atoms with Crippen molar-refractivity contribution in [2.45, 2.75) is 26.7 Å². The molecular formula is C9H12N4O3. The van der Waals surface area contributed by atoms with E-state index in [0.717, 1.165) is 0 Å². The lowest BCUT2D eigenvalue weighted by atomic mass is 10.4. The molecule has 0 aliphatic rings. The first kappa shape index (κ1) is 10.6. The average molecular weight is 224 g/mol. The zero-order chi connectivity index (χ0) is 11.7. The van der Waals surface area contributed by atoms with E-state index in [9.17, 15) is 9.59 Å². The Bertz CT molecular complexity index is 607. The van der Waals surface area contributed by atoms with Gasteiger partial charge >= 0.3 is 5.69 Å². The minimum atomic E-state index is -0.552. The molecule has 7 nitrogen and oxygen atoms in total. The molecule has 0 amide bonds. The quantitative estimate of drug-likeness (QED) is 0.754. The van der Waals surface area contributed by atoms with Gasteiger partial charge in [0.2, 0.25) is 0 Å². The lowest BCUT2D eigenvalue weighted by molar-refractivity contribution is 0.0242. The molecule has 0 aromatic carbocycles. The van der Waals surface area contributed by atoms with Crippen molar-refractivity contribution in [2.75, 3.05) is 0 Å². The fourth-order valence-electron chi connectivity index (χ4n) is 1.31. The van der Waals surface area contributed by atoms with Crippen molar-refractivity contribution in [3.05, 3.63) is 27.0 Å². The summed E-state index contributed by atoms with van der Waals surface area (Å²) in [6, 6.07) is 0. The molecular weight excluding hydrogens is 212 g/mol. The molecule has 0 fully saturated rings. The highest BCUT2D eigenvalue weighted by atomic mass is 16.5. The van der Waals surface area contributed by atoms with Crippen LogP contribution in [0.3, 0.4) is 0 Å². The van der Waals surface area contributed by atoms with Crippen molar-refractivity contribution < 1.29 is 4.74 Å². The number of nitrogens with one attached hydrogen (secondary N) is 2. The van der Waals surface area contributed by atoms with Crippen molar-refractivity contribution in [3.63, 3.8) is 0 Å². The van der Waals surface area contributed by atoms with Crippen LogP contribution in [0.5, 0.6) is 0 Å². The van der Waals surface area contributed by atoms with E-state index in [-0.39, 0.29) is 12.8 Å². The van der Waals surface area contributed by atoms with Gasteiger partial charge in [-0.1, -0.05) is 0 Å². The number of nitrogens with zero attached hydrogens (tertiary/aromatic N) is 2. The second-order valence-electron chi connectivity index (χ2n) is 3.66. The predicted octanol–water partition coefficient (Wildman–Crippen LogP) is -0.205. The van der Waals surface area contributed by atoms with Crippen LogP contribution in [0.15, 0.2) is 15.8 Å². The first-order valence-electron chi connectivity index (χ1n) is 4.87. The molecule has 0 radical (unpaired) electrons. The zero-order valence-corrected chi connectivity index (χ0v) is 8.98. The van der Waals surface area contributed by atoms with E-state index in [1.807, 2.05) is 13.8 Å². The third-order valence-electron chi connectivity index (χ3n) is 2.07. The van der Waals surface area contributed by atoms with Crippen LogP contribution < -0.4 is 11.2 Å². The van der Waals surface area contributed by atoms with Gasteiger partial charge < -0.3 is 4.74 Å². The lowest BCUT2D eigenvalue weighted by Crippen LogP contribution is -2.22. The Morgan fingerprint density at radius 2 is 2.19 bits per heavy atom. The summed E-state index contributed by atoms with van der Waals surface area (Å²) in [6.07, 6.45) is 1.45. The molecule has 0 unspecified atom stereocenters. The van der Waals surface area contributed by atoms with E-state index in [1.54, 1.807) is 0 Å². The maximum Gasteiger partial charge on any atom is 0.327 e. The molecule has 0 atom stereocenters. The molecule has 0 saturated carbocycles. The Morgan fingerprint density at radius 1 is 1.44 bits per heavy atom. The van der Waals surface area contributed by atoms with E-state index >= 15 is 0 Å². The molecule has 0 spiro atoms. The third-order valence-corrected chi connectivity index (χ3v) is 2.07. The van der Waals surface area contributed by atoms with Gasteiger partial charge in [0.05, 0.1) is 12.3 Å². The first-order valence-corrected chi connectivity index (χ1v) is 4.87. The number of aromatic amines is 2. The third kappa shape index (κ3) is 1.89. The standard InChI is InChI=1S/C9H12N4O3/c1-5(2)16-4-13-7-6(3-10-13)8(14)12-9(15)11-7/h3,5H,4H2,1-2H3,(H2,11,12,14,15). The van der Waals surface area contributed by atoms with Crippen LogP contribution >= 0.6 is 0 Å². The van der Waals surface area contributed by atoms with Crippen LogP contribution in [0.2, 0.25) is 0 Å². The van der Waals surface area contributed by atoms with Crippen molar-refractivity contribution in [2.24, 2.45) is 0 Å². The first-order chi connectivity index (χ1) is 7.58. The highest BCUT2D eigenvalue weighted by Crippen LogP contribution is 2.03. The van der Waals surface area contributed by atoms with Crippen molar-refractivity contribution in [1.29, 1.82) is 0 Å². The van der Waals surface area contributed by atoms with Gasteiger partial charge in [-0.25, -0.2) is 9.48 Å². The van der Waals surface area contributed by atoms with Crippen molar-refractivity contribution in [3.8, 4) is 0 Å². The van der Waals surface area contributed by atoms with Crippen LogP contribution in [-0.4, -0.2) is 25.9 Å². The van der Waals surface area contributed by atoms with Gasteiger partial charge in [0.25, 0.3) is 5.56 Å². The molecule has 86 valence electrons. The number of aromatic nitrogens is 4. The summed E-state index contributed by atoms with van der Waals surface area (Å²) in [6.45, 7) is 3.98. The van der Waals surface area contributed by atoms with E-state index < -0.39 is 11.2 Å². The normalized spacial score (nSPS) is 11.4. The number of rotatable bonds is 3. The van der Waals surface area contributed by atoms with Crippen LogP contribution in [0.1, 0.15) is 13.8 Å². The molecule has 0 saturated heterocycles. The SMILES string of the molecule is CC(C)OCn1ncc2c(=O)[nH]c(=O)[nH]c21. The van der Waals surface area contributed by atoms with Crippen molar-refractivity contribution >= 4 is 11.0 Å². The fourth-order valence-corrected chi connectivity index (χ4v) is 1.31. The zero-order valence-electron chi connectivity index (χ0n) is 8.98. The predicted molar refractivity (Wildman–Crippen MR) is 57.2 cm³/mol. The topological polar surface area (TPSA) is 92.8 Å². The summed E-state index contributed by atoms with van der Waals surface area (Å²) in [5, 5.41) is 4.31. The molecule has 16 heavy (non-hydrogen) atoms. The second kappa shape index (κ2) is 3.93. The minimum absolute atomic E-state index is 0.0490. The number of ether oxygens (including phenoxy) is 1. The number of hydrogen-bond acceptors (Lipinski definition) is 4. The van der Waals surface area contributed by atoms with Gasteiger partial charge in [-0.15, -0.1) is 0 Å². The van der Waals surface area contributed by atoms with E-state index in [0.29, 0.717) is 11.0 Å². The Labute approximate surface area is 90.1 Å². The fraction of sp³-hybridized carbons (Fsp3) is 0.444.